The van der Waals surface area contributed by atoms with Gasteiger partial charge >= 0.3 is 0 Å². The van der Waals surface area contributed by atoms with Gasteiger partial charge in [0, 0.05) is 20.3 Å². The lowest BCUT2D eigenvalue weighted by atomic mass is 10.2. The number of aromatic amines is 1. The van der Waals surface area contributed by atoms with Crippen molar-refractivity contribution < 1.29 is 13.2 Å². The van der Waals surface area contributed by atoms with E-state index >= 15 is 0 Å². The van der Waals surface area contributed by atoms with Crippen LogP contribution in [-0.4, -0.2) is 72.2 Å². The molecule has 6 rings (SSSR count). The fourth-order valence-electron chi connectivity index (χ4n) is 4.94. The average molecular weight is 546 g/mol. The molecule has 0 spiro atoms. The highest BCUT2D eigenvalue weighted by atomic mass is 32.2. The monoisotopic (exact) mass is 545 g/mol. The zero-order valence-corrected chi connectivity index (χ0v) is 22.5. The van der Waals surface area contributed by atoms with Crippen LogP contribution in [0.25, 0.3) is 27.6 Å². The second-order valence-corrected chi connectivity index (χ2v) is 11.9. The van der Waals surface area contributed by atoms with Crippen LogP contribution in [0.5, 0.6) is 5.75 Å². The van der Waals surface area contributed by atoms with E-state index in [1.165, 1.54) is 6.20 Å². The first-order valence-corrected chi connectivity index (χ1v) is 14.2. The van der Waals surface area contributed by atoms with Gasteiger partial charge in [0.1, 0.15) is 11.9 Å². The van der Waals surface area contributed by atoms with Crippen molar-refractivity contribution in [2.24, 2.45) is 0 Å². The maximum atomic E-state index is 13.4. The fourth-order valence-corrected chi connectivity index (χ4v) is 5.84. The van der Waals surface area contributed by atoms with Crippen molar-refractivity contribution in [2.45, 2.75) is 17.9 Å². The molecular weight excluding hydrogens is 518 g/mol. The third kappa shape index (κ3) is 4.26. The minimum Gasteiger partial charge on any atom is -0.485 e. The summed E-state index contributed by atoms with van der Waals surface area (Å²) in [5.74, 6) is 1.10. The largest absolute Gasteiger partial charge is 0.485 e. The summed E-state index contributed by atoms with van der Waals surface area (Å²) in [5, 5.41) is 8.12. The zero-order chi connectivity index (χ0) is 27.3. The van der Waals surface area contributed by atoms with Crippen LogP contribution in [0.1, 0.15) is 6.92 Å². The van der Waals surface area contributed by atoms with Crippen molar-refractivity contribution in [2.75, 3.05) is 42.7 Å². The molecule has 1 N–H and O–H groups in total. The van der Waals surface area contributed by atoms with E-state index in [-0.39, 0.29) is 22.3 Å². The van der Waals surface area contributed by atoms with E-state index in [1.807, 2.05) is 54.2 Å². The van der Waals surface area contributed by atoms with Crippen molar-refractivity contribution in [1.29, 1.82) is 0 Å². The summed E-state index contributed by atoms with van der Waals surface area (Å²) >= 11 is 0. The highest BCUT2D eigenvalue weighted by Gasteiger charge is 2.27. The Morgan fingerprint density at radius 2 is 1.92 bits per heavy atom. The number of pyridine rings is 1. The number of nitrogens with one attached hydrogen (secondary N) is 1. The number of sulfone groups is 1. The average Bonchev–Trinajstić information content (AvgIpc) is 3.44. The summed E-state index contributed by atoms with van der Waals surface area (Å²) in [7, 11) is 0.470. The number of hydrogen-bond donors (Lipinski definition) is 1. The summed E-state index contributed by atoms with van der Waals surface area (Å²) < 4.78 is 32.5. The number of anilines is 2. The molecule has 39 heavy (non-hydrogen) atoms. The van der Waals surface area contributed by atoms with Gasteiger partial charge in [-0.1, -0.05) is 25.1 Å². The molecule has 3 aromatic heterocycles. The van der Waals surface area contributed by atoms with E-state index in [4.69, 9.17) is 9.72 Å². The van der Waals surface area contributed by atoms with Gasteiger partial charge in [0.15, 0.2) is 15.5 Å². The van der Waals surface area contributed by atoms with Crippen LogP contribution in [0, 0.1) is 0 Å². The van der Waals surface area contributed by atoms with Gasteiger partial charge in [-0.05, 0) is 30.3 Å². The summed E-state index contributed by atoms with van der Waals surface area (Å²) in [6.45, 7) is 2.64. The maximum Gasteiger partial charge on any atom is 0.267 e. The molecule has 5 aromatic rings. The molecule has 0 aliphatic carbocycles. The minimum atomic E-state index is -3.32. The molecule has 1 atom stereocenters. The van der Waals surface area contributed by atoms with Crippen LogP contribution in [0.4, 0.5) is 11.6 Å². The fraction of sp³-hybridized carbons (Fsp3) is 0.259. The number of nitrogens with zero attached hydrogens (tertiary/aromatic N) is 6. The van der Waals surface area contributed by atoms with E-state index < -0.39 is 9.84 Å². The molecule has 1 aliphatic heterocycles. The zero-order valence-electron chi connectivity index (χ0n) is 21.7. The standard InChI is InChI=1S/C27H27N7O4S/c1-4-39(36,37)19-10-11-23-22(12-19)32(2)15-18(38-23)16-33(3)27-28-13-20-24-21(14-29-31-24)26(35)34(25(20)30-27)17-8-6-5-7-9-17/h5-14,18H,4,15-16H2,1-3H3,(H,29,31)/t18-/m1/s1. The Hall–Kier alpha value is -4.45. The second-order valence-electron chi connectivity index (χ2n) is 9.58. The van der Waals surface area contributed by atoms with Gasteiger partial charge in [0.05, 0.1) is 57.6 Å². The van der Waals surface area contributed by atoms with Crippen LogP contribution in [-0.2, 0) is 9.84 Å². The highest BCUT2D eigenvalue weighted by Crippen LogP contribution is 2.35. The third-order valence-electron chi connectivity index (χ3n) is 7.00. The molecule has 0 bridgehead atoms. The van der Waals surface area contributed by atoms with Crippen LogP contribution >= 0.6 is 0 Å². The number of ether oxygens (including phenoxy) is 1. The van der Waals surface area contributed by atoms with Gasteiger partial charge in [-0.2, -0.15) is 10.1 Å². The van der Waals surface area contributed by atoms with Gasteiger partial charge in [-0.15, -0.1) is 0 Å². The summed E-state index contributed by atoms with van der Waals surface area (Å²) in [4.78, 5) is 27.0. The Kier molecular flexibility index (Phi) is 5.98. The lowest BCUT2D eigenvalue weighted by Gasteiger charge is -2.35. The minimum absolute atomic E-state index is 0.0412. The van der Waals surface area contributed by atoms with Crippen LogP contribution < -0.4 is 20.1 Å². The van der Waals surface area contributed by atoms with E-state index in [1.54, 1.807) is 35.9 Å². The van der Waals surface area contributed by atoms with E-state index in [9.17, 15) is 13.2 Å². The quantitative estimate of drug-likeness (QED) is 0.343. The van der Waals surface area contributed by atoms with Crippen molar-refractivity contribution in [3.63, 3.8) is 0 Å². The highest BCUT2D eigenvalue weighted by molar-refractivity contribution is 7.91. The molecule has 0 unspecified atom stereocenters. The van der Waals surface area contributed by atoms with Crippen molar-refractivity contribution in [3.05, 3.63) is 71.3 Å². The SMILES string of the molecule is CCS(=O)(=O)c1ccc2c(c1)N(C)C[C@H](CN(C)c1ncc3c4[nH]ncc4c(=O)n(-c4ccccc4)c3n1)O2. The van der Waals surface area contributed by atoms with E-state index in [2.05, 4.69) is 15.2 Å². The number of aromatic nitrogens is 5. The Bertz CT molecular complexity index is 1870. The van der Waals surface area contributed by atoms with Gasteiger partial charge in [-0.25, -0.2) is 13.4 Å². The maximum absolute atomic E-state index is 13.4. The predicted molar refractivity (Wildman–Crippen MR) is 150 cm³/mol. The molecule has 0 saturated carbocycles. The van der Waals surface area contributed by atoms with Gasteiger partial charge in [-0.3, -0.25) is 14.5 Å². The van der Waals surface area contributed by atoms with Crippen LogP contribution in [0.2, 0.25) is 0 Å². The number of H-pyrrole nitrogens is 1. The molecule has 0 fully saturated rings. The summed E-state index contributed by atoms with van der Waals surface area (Å²) in [6.07, 6.45) is 2.99. The number of benzene rings is 2. The molecule has 1 aliphatic rings. The van der Waals surface area contributed by atoms with Crippen molar-refractivity contribution >= 4 is 43.4 Å². The van der Waals surface area contributed by atoms with Gasteiger partial charge < -0.3 is 14.5 Å². The Morgan fingerprint density at radius 3 is 2.69 bits per heavy atom. The molecule has 0 amide bonds. The number of hydrogen-bond acceptors (Lipinski definition) is 9. The first-order chi connectivity index (χ1) is 18.8. The van der Waals surface area contributed by atoms with Crippen molar-refractivity contribution in [3.8, 4) is 11.4 Å². The Labute approximate surface area is 224 Å². The van der Waals surface area contributed by atoms with E-state index in [0.29, 0.717) is 52.4 Å². The molecule has 12 heteroatoms. The smallest absolute Gasteiger partial charge is 0.267 e. The van der Waals surface area contributed by atoms with Gasteiger partial charge in [0.25, 0.3) is 5.56 Å². The van der Waals surface area contributed by atoms with Gasteiger partial charge in [0.2, 0.25) is 5.95 Å². The summed E-state index contributed by atoms with van der Waals surface area (Å²) in [6, 6.07) is 14.3. The number of fused-ring (bicyclic) bond motifs is 4. The number of para-hydroxylation sites is 1. The molecule has 2 aromatic carbocycles. The first kappa shape index (κ1) is 24.9. The lowest BCUT2D eigenvalue weighted by Crippen LogP contribution is -2.44. The first-order valence-electron chi connectivity index (χ1n) is 12.5. The third-order valence-corrected chi connectivity index (χ3v) is 8.73. The predicted octanol–water partition coefficient (Wildman–Crippen LogP) is 2.78. The molecular formula is C27H27N7O4S. The Morgan fingerprint density at radius 1 is 1.13 bits per heavy atom. The molecule has 200 valence electrons. The van der Waals surface area contributed by atoms with Crippen LogP contribution in [0.15, 0.2) is 70.6 Å². The number of likely N-dealkylation sites (N-methyl/N-ethyl adjacent to an activating group) is 2. The molecule has 0 saturated heterocycles. The lowest BCUT2D eigenvalue weighted by molar-refractivity contribution is 0.201. The molecule has 4 heterocycles. The molecule has 11 nitrogen and oxygen atoms in total. The topological polar surface area (TPSA) is 126 Å². The molecule has 0 radical (unpaired) electrons. The van der Waals surface area contributed by atoms with Crippen molar-refractivity contribution in [1.82, 2.24) is 24.7 Å². The Balaban J connectivity index is 1.33. The second kappa shape index (κ2) is 9.38. The number of rotatable bonds is 6. The normalized spacial score (nSPS) is 15.4. The van der Waals surface area contributed by atoms with Crippen LogP contribution in [0.3, 0.4) is 0 Å². The summed E-state index contributed by atoms with van der Waals surface area (Å²) in [5.41, 5.74) is 2.27. The van der Waals surface area contributed by atoms with E-state index in [0.717, 1.165) is 5.69 Å².